The number of carbonyl (C=O) groups is 1. The Morgan fingerprint density at radius 2 is 2.14 bits per heavy atom. The van der Waals surface area contributed by atoms with Crippen molar-refractivity contribution >= 4 is 5.97 Å². The summed E-state index contributed by atoms with van der Waals surface area (Å²) in [6.45, 7) is 0.600. The zero-order valence-corrected chi connectivity index (χ0v) is 8.74. The topological polar surface area (TPSA) is 54.0 Å². The van der Waals surface area contributed by atoms with E-state index in [1.54, 1.807) is 7.11 Å². The molecule has 1 saturated heterocycles. The Balaban J connectivity index is 2.64. The molecule has 0 spiro atoms. The molecule has 1 heterocycles. The minimum absolute atomic E-state index is 0.211. The zero-order valence-electron chi connectivity index (χ0n) is 8.74. The minimum Gasteiger partial charge on any atom is -0.458 e. The van der Waals surface area contributed by atoms with Crippen LogP contribution in [0.5, 0.6) is 0 Å². The first-order chi connectivity index (χ1) is 6.68. The molecule has 2 unspecified atom stereocenters. The first kappa shape index (κ1) is 11.4. The zero-order chi connectivity index (χ0) is 10.6. The molecular formula is C9H16O5. The molecule has 0 N–H and O–H groups in total. The molecule has 0 aromatic carbocycles. The van der Waals surface area contributed by atoms with Crippen molar-refractivity contribution in [2.45, 2.75) is 18.1 Å². The van der Waals surface area contributed by atoms with Crippen molar-refractivity contribution in [2.24, 2.45) is 0 Å². The molecule has 1 aliphatic rings. The smallest absolute Gasteiger partial charge is 0.341 e. The van der Waals surface area contributed by atoms with Gasteiger partial charge in [-0.3, -0.25) is 0 Å². The van der Waals surface area contributed by atoms with Gasteiger partial charge in [-0.1, -0.05) is 0 Å². The molecule has 0 amide bonds. The standard InChI is InChI=1S/C9H16O5/c1-11-5-7-4-9(13-3,6-12-2)8(10)14-7/h7H,4-6H2,1-3H3. The summed E-state index contributed by atoms with van der Waals surface area (Å²) in [6.07, 6.45) is 0.242. The quantitative estimate of drug-likeness (QED) is 0.589. The van der Waals surface area contributed by atoms with E-state index in [-0.39, 0.29) is 18.7 Å². The molecule has 0 bridgehead atoms. The number of methoxy groups -OCH3 is 3. The van der Waals surface area contributed by atoms with E-state index >= 15 is 0 Å². The Bertz CT molecular complexity index is 205. The third-order valence-corrected chi connectivity index (χ3v) is 2.32. The van der Waals surface area contributed by atoms with Crippen LogP contribution in [0.1, 0.15) is 6.42 Å². The van der Waals surface area contributed by atoms with Crippen LogP contribution in [0.4, 0.5) is 0 Å². The highest BCUT2D eigenvalue weighted by molar-refractivity contribution is 5.82. The molecule has 2 atom stereocenters. The number of carbonyl (C=O) groups excluding carboxylic acids is 1. The van der Waals surface area contributed by atoms with Crippen LogP contribution in [-0.4, -0.2) is 52.2 Å². The van der Waals surface area contributed by atoms with E-state index in [0.29, 0.717) is 13.0 Å². The number of ether oxygens (including phenoxy) is 4. The van der Waals surface area contributed by atoms with Gasteiger partial charge in [-0.05, 0) is 0 Å². The summed E-state index contributed by atoms with van der Waals surface area (Å²) in [5, 5.41) is 0. The average molecular weight is 204 g/mol. The van der Waals surface area contributed by atoms with Crippen molar-refractivity contribution in [1.29, 1.82) is 0 Å². The molecule has 0 saturated carbocycles. The molecule has 1 aliphatic heterocycles. The summed E-state index contributed by atoms with van der Waals surface area (Å²) in [5.41, 5.74) is -0.946. The van der Waals surface area contributed by atoms with Crippen LogP contribution in [-0.2, 0) is 23.7 Å². The molecular weight excluding hydrogens is 188 g/mol. The molecule has 5 heteroatoms. The Morgan fingerprint density at radius 3 is 2.64 bits per heavy atom. The van der Waals surface area contributed by atoms with Gasteiger partial charge >= 0.3 is 5.97 Å². The third-order valence-electron chi connectivity index (χ3n) is 2.32. The van der Waals surface area contributed by atoms with Gasteiger partial charge in [0.05, 0.1) is 13.2 Å². The van der Waals surface area contributed by atoms with Crippen molar-refractivity contribution in [3.8, 4) is 0 Å². The molecule has 1 rings (SSSR count). The van der Waals surface area contributed by atoms with Gasteiger partial charge in [0.15, 0.2) is 5.60 Å². The summed E-state index contributed by atoms with van der Waals surface area (Å²) in [7, 11) is 4.57. The molecule has 5 nitrogen and oxygen atoms in total. The highest BCUT2D eigenvalue weighted by Gasteiger charge is 2.49. The van der Waals surface area contributed by atoms with E-state index in [4.69, 9.17) is 18.9 Å². The lowest BCUT2D eigenvalue weighted by Gasteiger charge is -2.21. The van der Waals surface area contributed by atoms with E-state index in [2.05, 4.69) is 0 Å². The lowest BCUT2D eigenvalue weighted by Crippen LogP contribution is -2.41. The lowest BCUT2D eigenvalue weighted by molar-refractivity contribution is -0.162. The molecule has 82 valence electrons. The van der Waals surface area contributed by atoms with Crippen molar-refractivity contribution in [3.05, 3.63) is 0 Å². The fraction of sp³-hybridized carbons (Fsp3) is 0.889. The Labute approximate surface area is 83.3 Å². The molecule has 0 radical (unpaired) electrons. The SMILES string of the molecule is COCC1CC(COC)(OC)C(=O)O1. The van der Waals surface area contributed by atoms with E-state index in [0.717, 1.165) is 0 Å². The highest BCUT2D eigenvalue weighted by Crippen LogP contribution is 2.29. The van der Waals surface area contributed by atoms with E-state index in [1.807, 2.05) is 0 Å². The summed E-state index contributed by atoms with van der Waals surface area (Å²) < 4.78 is 20.1. The first-order valence-electron chi connectivity index (χ1n) is 4.42. The Kier molecular flexibility index (Phi) is 3.86. The number of cyclic esters (lactones) is 1. The Morgan fingerprint density at radius 1 is 1.43 bits per heavy atom. The van der Waals surface area contributed by atoms with Crippen molar-refractivity contribution in [3.63, 3.8) is 0 Å². The Hall–Kier alpha value is -0.650. The van der Waals surface area contributed by atoms with Crippen LogP contribution in [0, 0.1) is 0 Å². The van der Waals surface area contributed by atoms with Gasteiger partial charge in [0.2, 0.25) is 0 Å². The second-order valence-electron chi connectivity index (χ2n) is 3.32. The van der Waals surface area contributed by atoms with Crippen LogP contribution in [0.15, 0.2) is 0 Å². The third kappa shape index (κ3) is 2.05. The van der Waals surface area contributed by atoms with Crippen molar-refractivity contribution < 1.29 is 23.7 Å². The number of esters is 1. The van der Waals surface area contributed by atoms with E-state index in [9.17, 15) is 4.79 Å². The normalized spacial score (nSPS) is 31.9. The molecule has 1 fully saturated rings. The van der Waals surface area contributed by atoms with E-state index in [1.165, 1.54) is 14.2 Å². The van der Waals surface area contributed by atoms with Crippen LogP contribution >= 0.6 is 0 Å². The summed E-state index contributed by atoms with van der Waals surface area (Å²) in [6, 6.07) is 0. The van der Waals surface area contributed by atoms with Crippen molar-refractivity contribution in [1.82, 2.24) is 0 Å². The van der Waals surface area contributed by atoms with Crippen LogP contribution in [0.3, 0.4) is 0 Å². The number of rotatable bonds is 5. The fourth-order valence-corrected chi connectivity index (χ4v) is 1.61. The van der Waals surface area contributed by atoms with Gasteiger partial charge < -0.3 is 18.9 Å². The van der Waals surface area contributed by atoms with Crippen LogP contribution in [0.2, 0.25) is 0 Å². The van der Waals surface area contributed by atoms with Crippen molar-refractivity contribution in [2.75, 3.05) is 34.5 Å². The molecule has 14 heavy (non-hydrogen) atoms. The summed E-state index contributed by atoms with van der Waals surface area (Å²) >= 11 is 0. The maximum atomic E-state index is 11.5. The summed E-state index contributed by atoms with van der Waals surface area (Å²) in [5.74, 6) is -0.371. The fourth-order valence-electron chi connectivity index (χ4n) is 1.61. The monoisotopic (exact) mass is 204 g/mol. The second-order valence-corrected chi connectivity index (χ2v) is 3.32. The van der Waals surface area contributed by atoms with Crippen LogP contribution < -0.4 is 0 Å². The van der Waals surface area contributed by atoms with E-state index < -0.39 is 5.60 Å². The molecule has 0 aromatic heterocycles. The maximum absolute atomic E-state index is 11.5. The maximum Gasteiger partial charge on any atom is 0.341 e. The summed E-state index contributed by atoms with van der Waals surface area (Å²) in [4.78, 5) is 11.5. The van der Waals surface area contributed by atoms with Gasteiger partial charge in [-0.25, -0.2) is 4.79 Å². The largest absolute Gasteiger partial charge is 0.458 e. The predicted octanol–water partition coefficient (Wildman–Crippen LogP) is -0.0201. The van der Waals surface area contributed by atoms with Gasteiger partial charge in [0, 0.05) is 27.8 Å². The minimum atomic E-state index is -0.946. The van der Waals surface area contributed by atoms with Crippen LogP contribution in [0.25, 0.3) is 0 Å². The van der Waals surface area contributed by atoms with Gasteiger partial charge in [0.25, 0.3) is 0 Å². The highest BCUT2D eigenvalue weighted by atomic mass is 16.6. The first-order valence-corrected chi connectivity index (χ1v) is 4.42. The predicted molar refractivity (Wildman–Crippen MR) is 48.0 cm³/mol. The van der Waals surface area contributed by atoms with Gasteiger partial charge in [-0.2, -0.15) is 0 Å². The molecule has 0 aliphatic carbocycles. The number of hydrogen-bond acceptors (Lipinski definition) is 5. The van der Waals surface area contributed by atoms with Gasteiger partial charge in [0.1, 0.15) is 6.10 Å². The average Bonchev–Trinajstić information content (AvgIpc) is 2.45. The lowest BCUT2D eigenvalue weighted by atomic mass is 10.0. The molecule has 0 aromatic rings. The second kappa shape index (κ2) is 4.72. The number of hydrogen-bond donors (Lipinski definition) is 0. The van der Waals surface area contributed by atoms with Gasteiger partial charge in [-0.15, -0.1) is 0 Å².